The fourth-order valence-electron chi connectivity index (χ4n) is 4.35. The number of imidazole rings is 1. The van der Waals surface area contributed by atoms with Crippen LogP contribution in [0.5, 0.6) is 0 Å². The summed E-state index contributed by atoms with van der Waals surface area (Å²) >= 11 is 6.16. The third-order valence-electron chi connectivity index (χ3n) is 6.23. The van der Waals surface area contributed by atoms with Gasteiger partial charge in [-0.25, -0.2) is 9.37 Å². The monoisotopic (exact) mass is 557 g/mol. The number of alkyl halides is 1. The fraction of sp³-hybridized carbons (Fsp3) is 0.722. The minimum atomic E-state index is -4.60. The molecule has 35 heavy (non-hydrogen) atoms. The lowest BCUT2D eigenvalue weighted by Gasteiger charge is -2.25. The summed E-state index contributed by atoms with van der Waals surface area (Å²) < 4.78 is 54.7. The second-order valence-electron chi connectivity index (χ2n) is 8.58. The number of hydrogen-bond acceptors (Lipinski definition) is 10. The van der Waals surface area contributed by atoms with Gasteiger partial charge in [-0.05, 0) is 24.4 Å². The van der Waals surface area contributed by atoms with Crippen LogP contribution in [0, 0.1) is 0 Å². The molecule has 6 atom stereocenters. The maximum Gasteiger partial charge on any atom is 0.340 e. The lowest BCUT2D eigenvalue weighted by atomic mass is 10.1. The number of fused-ring (bicyclic) bond motifs is 1. The van der Waals surface area contributed by atoms with Crippen LogP contribution >= 0.6 is 26.8 Å². The van der Waals surface area contributed by atoms with Gasteiger partial charge in [-0.15, -0.1) is 0 Å². The third kappa shape index (κ3) is 5.71. The number of ether oxygens (including phenoxy) is 1. The summed E-state index contributed by atoms with van der Waals surface area (Å²) in [5.74, 6) is -0.673. The summed E-state index contributed by atoms with van der Waals surface area (Å²) in [5, 5.41) is 10.3. The molecule has 3 N–H and O–H groups in total. The van der Waals surface area contributed by atoms with E-state index in [0.717, 1.165) is 32.8 Å². The first-order valence-corrected chi connectivity index (χ1v) is 14.8. The Balaban J connectivity index is 1.54. The van der Waals surface area contributed by atoms with Crippen molar-refractivity contribution in [3.05, 3.63) is 11.6 Å². The molecular weight excluding hydrogens is 531 g/mol. The molecule has 1 saturated carbocycles. The molecule has 17 heteroatoms. The predicted molar refractivity (Wildman–Crippen MR) is 123 cm³/mol. The van der Waals surface area contributed by atoms with Gasteiger partial charge in [0, 0.05) is 20.2 Å². The smallest absolute Gasteiger partial charge is 0.340 e. The molecular formula is C18H27ClFN5O8P2. The Labute approximate surface area is 205 Å². The van der Waals surface area contributed by atoms with Crippen molar-refractivity contribution in [3.8, 4) is 0 Å². The maximum atomic E-state index is 15.1. The lowest BCUT2D eigenvalue weighted by Crippen LogP contribution is -2.31. The van der Waals surface area contributed by atoms with E-state index in [4.69, 9.17) is 20.9 Å². The van der Waals surface area contributed by atoms with Gasteiger partial charge in [0.25, 0.3) is 0 Å². The summed E-state index contributed by atoms with van der Waals surface area (Å²) in [6.45, 7) is -0.715. The average molecular weight is 558 g/mol. The summed E-state index contributed by atoms with van der Waals surface area (Å²) in [4.78, 5) is 34.0. The molecule has 3 heterocycles. The van der Waals surface area contributed by atoms with E-state index >= 15 is 4.39 Å². The number of rotatable bonds is 9. The van der Waals surface area contributed by atoms with Gasteiger partial charge >= 0.3 is 15.2 Å². The number of hydrogen-bond donors (Lipinski definition) is 3. The Hall–Kier alpha value is -1.21. The van der Waals surface area contributed by atoms with Crippen molar-refractivity contribution in [2.75, 3.05) is 31.6 Å². The zero-order chi connectivity index (χ0) is 25.5. The summed E-state index contributed by atoms with van der Waals surface area (Å²) in [5.41, 5.74) is 0.576. The molecule has 1 aliphatic heterocycles. The zero-order valence-electron chi connectivity index (χ0n) is 19.0. The van der Waals surface area contributed by atoms with Crippen molar-refractivity contribution < 1.29 is 42.2 Å². The maximum absolute atomic E-state index is 15.1. The van der Waals surface area contributed by atoms with Crippen LogP contribution in [0.25, 0.3) is 11.2 Å². The van der Waals surface area contributed by atoms with Crippen molar-refractivity contribution in [3.63, 3.8) is 0 Å². The molecule has 0 radical (unpaired) electrons. The number of halogens is 2. The van der Waals surface area contributed by atoms with E-state index in [9.17, 15) is 24.0 Å². The first-order valence-electron chi connectivity index (χ1n) is 10.9. The van der Waals surface area contributed by atoms with Crippen LogP contribution in [0.4, 0.5) is 10.2 Å². The Morgan fingerprint density at radius 1 is 1.29 bits per heavy atom. The van der Waals surface area contributed by atoms with Crippen LogP contribution in [0.2, 0.25) is 5.28 Å². The summed E-state index contributed by atoms with van der Waals surface area (Å²) in [6.07, 6.45) is -0.930. The molecule has 0 bridgehead atoms. The van der Waals surface area contributed by atoms with Gasteiger partial charge in [0.1, 0.15) is 12.2 Å². The molecule has 2 aromatic heterocycles. The van der Waals surface area contributed by atoms with Crippen molar-refractivity contribution in [1.82, 2.24) is 19.5 Å². The fourth-order valence-corrected chi connectivity index (χ4v) is 7.49. The van der Waals surface area contributed by atoms with E-state index in [2.05, 4.69) is 19.5 Å². The van der Waals surface area contributed by atoms with Gasteiger partial charge in [-0.2, -0.15) is 9.97 Å². The second kappa shape index (κ2) is 10.3. The molecule has 0 spiro atoms. The van der Waals surface area contributed by atoms with Gasteiger partial charge in [-0.1, -0.05) is 12.8 Å². The molecule has 13 nitrogen and oxygen atoms in total. The van der Waals surface area contributed by atoms with Crippen LogP contribution in [-0.4, -0.2) is 85.5 Å². The van der Waals surface area contributed by atoms with Crippen molar-refractivity contribution in [1.29, 1.82) is 0 Å². The number of aliphatic hydroxyl groups is 1. The third-order valence-corrected chi connectivity index (χ3v) is 10.4. The first kappa shape index (κ1) is 26.8. The molecule has 2 unspecified atom stereocenters. The second-order valence-corrected chi connectivity index (χ2v) is 13.2. The van der Waals surface area contributed by atoms with E-state index in [1.807, 2.05) is 11.9 Å². The van der Waals surface area contributed by atoms with Gasteiger partial charge in [-0.3, -0.25) is 13.7 Å². The quantitative estimate of drug-likeness (QED) is 0.304. The average Bonchev–Trinajstić information content (AvgIpc) is 3.52. The molecule has 196 valence electrons. The number of aromatic nitrogens is 4. The predicted octanol–water partition coefficient (Wildman–Crippen LogP) is 2.45. The molecule has 2 aliphatic rings. The Kier molecular flexibility index (Phi) is 7.88. The lowest BCUT2D eigenvalue weighted by molar-refractivity contribution is -0.0425. The molecule has 1 saturated heterocycles. The van der Waals surface area contributed by atoms with Crippen molar-refractivity contribution in [2.24, 2.45) is 0 Å². The van der Waals surface area contributed by atoms with Gasteiger partial charge in [0.15, 0.2) is 35.3 Å². The largest absolute Gasteiger partial charge is 0.387 e. The molecule has 2 aromatic rings. The number of anilines is 1. The number of nitrogens with zero attached hydrogens (tertiary/aromatic N) is 5. The Morgan fingerprint density at radius 3 is 2.63 bits per heavy atom. The van der Waals surface area contributed by atoms with Crippen LogP contribution in [0.15, 0.2) is 6.33 Å². The highest BCUT2D eigenvalue weighted by Crippen LogP contribution is 2.58. The van der Waals surface area contributed by atoms with Crippen molar-refractivity contribution in [2.45, 2.75) is 56.3 Å². The highest BCUT2D eigenvalue weighted by Gasteiger charge is 2.47. The normalized spacial score (nSPS) is 28.9. The van der Waals surface area contributed by atoms with Crippen LogP contribution < -0.4 is 4.90 Å². The van der Waals surface area contributed by atoms with Crippen LogP contribution in [0.1, 0.15) is 31.9 Å². The highest BCUT2D eigenvalue weighted by atomic mass is 35.5. The van der Waals surface area contributed by atoms with Gasteiger partial charge < -0.3 is 33.6 Å². The standard InChI is InChI=1S/C18H27ClFN5O8P2/c1-24(10-5-3-4-6-10)15-13-16(23-18(19)22-15)25(8-21-13)17-12(20)14(26)11(33-17)7-32-35(29,30)9-34(27,28)31-2/h8,10-12,14,17,26H,3-7,9H2,1-2H3,(H,27,28)(H,29,30)/t11-,12+,14-,17-/m1/s1. The topological polar surface area (TPSA) is 169 Å². The molecule has 2 fully saturated rings. The molecule has 0 aromatic carbocycles. The number of aliphatic hydroxyl groups excluding tert-OH is 1. The summed E-state index contributed by atoms with van der Waals surface area (Å²) in [7, 11) is -6.15. The van der Waals surface area contributed by atoms with E-state index in [1.54, 1.807) is 0 Å². The van der Waals surface area contributed by atoms with Gasteiger partial charge in [0.2, 0.25) is 5.28 Å². The summed E-state index contributed by atoms with van der Waals surface area (Å²) in [6, 6.07) is 0.260. The molecule has 1 aliphatic carbocycles. The van der Waals surface area contributed by atoms with E-state index in [1.165, 1.54) is 10.9 Å². The molecule has 4 rings (SSSR count). The van der Waals surface area contributed by atoms with Crippen molar-refractivity contribution >= 4 is 43.8 Å². The van der Waals surface area contributed by atoms with Crippen LogP contribution in [-0.2, 0) is 22.9 Å². The minimum Gasteiger partial charge on any atom is -0.387 e. The van der Waals surface area contributed by atoms with E-state index in [0.29, 0.717) is 11.3 Å². The Bertz CT molecular complexity index is 1170. The minimum absolute atomic E-state index is 0.0688. The SMILES string of the molecule is COP(=O)(O)CP(=O)(O)OC[C@H]1O[C@@H](n2cnc3c(N(C)C4CCCC4)nc(Cl)nc32)[C@@H](F)[C@@H]1O. The first-order chi connectivity index (χ1) is 16.4. The highest BCUT2D eigenvalue weighted by molar-refractivity contribution is 7.70. The molecule has 0 amide bonds. The van der Waals surface area contributed by atoms with Gasteiger partial charge in [0.05, 0.1) is 12.9 Å². The Morgan fingerprint density at radius 2 is 1.97 bits per heavy atom. The van der Waals surface area contributed by atoms with Crippen LogP contribution in [0.3, 0.4) is 0 Å². The van der Waals surface area contributed by atoms with E-state index < -0.39 is 52.3 Å². The van der Waals surface area contributed by atoms with E-state index in [-0.39, 0.29) is 17.0 Å². The zero-order valence-corrected chi connectivity index (χ0v) is 21.5.